The molecule has 0 fully saturated rings. The van der Waals surface area contributed by atoms with Gasteiger partial charge in [-0.2, -0.15) is 5.11 Å². The van der Waals surface area contributed by atoms with Gasteiger partial charge < -0.3 is 9.74 Å². The summed E-state index contributed by atoms with van der Waals surface area (Å²) in [6.07, 6.45) is 0. The van der Waals surface area contributed by atoms with E-state index in [9.17, 15) is 4.79 Å². The number of hydrogen-bond acceptors (Lipinski definition) is 4. The van der Waals surface area contributed by atoms with Gasteiger partial charge in [-0.3, -0.25) is 4.79 Å². The number of nitrogens with one attached hydrogen (secondary N) is 1. The molecule has 5 nitrogen and oxygen atoms in total. The van der Waals surface area contributed by atoms with Crippen molar-refractivity contribution in [1.29, 1.82) is 0 Å². The van der Waals surface area contributed by atoms with Gasteiger partial charge in [0.25, 0.3) is 14.2 Å². The Morgan fingerprint density at radius 1 is 0.938 bits per heavy atom. The van der Waals surface area contributed by atoms with Gasteiger partial charge in [-0.15, -0.1) is 5.11 Å². The fourth-order valence-corrected chi connectivity index (χ4v) is 6.14. The molecule has 0 saturated carbocycles. The van der Waals surface area contributed by atoms with E-state index in [2.05, 4.69) is 61.1 Å². The second-order valence-corrected chi connectivity index (χ2v) is 12.7. The van der Waals surface area contributed by atoms with E-state index < -0.39 is 8.32 Å². The number of carbonyl (C=O) groups excluding carboxylic acids is 1. The Bertz CT molecular complexity index is 1130. The van der Waals surface area contributed by atoms with Crippen LogP contribution in [0.25, 0.3) is 10.8 Å². The summed E-state index contributed by atoms with van der Waals surface area (Å²) in [6, 6.07) is 22.7. The number of amides is 1. The Hall–Kier alpha value is -3.25. The van der Waals surface area contributed by atoms with E-state index >= 15 is 0 Å². The molecular formula is C26H31N3O2Si. The molecule has 0 aromatic heterocycles. The minimum absolute atomic E-state index is 0.202. The zero-order chi connectivity index (χ0) is 23.1. The third kappa shape index (κ3) is 5.32. The number of anilines is 1. The molecule has 0 atom stereocenters. The lowest BCUT2D eigenvalue weighted by Gasteiger charge is -2.29. The SMILES string of the molecule is C=C(C)C(=O)Nc1ccc(N=Nc2c(O[Si](CC)(CC)CC)ccc3ccccc23)cc1. The zero-order valence-corrected chi connectivity index (χ0v) is 20.3. The van der Waals surface area contributed by atoms with Crippen LogP contribution in [0.3, 0.4) is 0 Å². The number of benzene rings is 3. The molecule has 0 aliphatic heterocycles. The third-order valence-electron chi connectivity index (χ3n) is 5.90. The van der Waals surface area contributed by atoms with Crippen molar-refractivity contribution < 1.29 is 9.22 Å². The molecule has 1 N–H and O–H groups in total. The quantitative estimate of drug-likeness (QED) is 0.205. The Labute approximate surface area is 191 Å². The van der Waals surface area contributed by atoms with Crippen molar-refractivity contribution >= 4 is 42.1 Å². The van der Waals surface area contributed by atoms with Crippen molar-refractivity contribution in [1.82, 2.24) is 0 Å². The molecule has 0 saturated heterocycles. The Morgan fingerprint density at radius 3 is 2.22 bits per heavy atom. The van der Waals surface area contributed by atoms with Gasteiger partial charge in [0, 0.05) is 16.6 Å². The smallest absolute Gasteiger partial charge is 0.250 e. The molecule has 0 radical (unpaired) electrons. The van der Waals surface area contributed by atoms with E-state index in [-0.39, 0.29) is 5.91 Å². The number of carbonyl (C=O) groups is 1. The lowest BCUT2D eigenvalue weighted by Crippen LogP contribution is -2.39. The van der Waals surface area contributed by atoms with Gasteiger partial charge in [0.1, 0.15) is 11.4 Å². The van der Waals surface area contributed by atoms with Crippen LogP contribution in [0, 0.1) is 0 Å². The Morgan fingerprint density at radius 2 is 1.59 bits per heavy atom. The van der Waals surface area contributed by atoms with E-state index in [1.54, 1.807) is 19.1 Å². The van der Waals surface area contributed by atoms with Gasteiger partial charge in [0.15, 0.2) is 0 Å². The topological polar surface area (TPSA) is 63.0 Å². The summed E-state index contributed by atoms with van der Waals surface area (Å²) in [6.45, 7) is 12.0. The van der Waals surface area contributed by atoms with Crippen LogP contribution in [0.5, 0.6) is 5.75 Å². The van der Waals surface area contributed by atoms with E-state index in [1.807, 2.05) is 30.3 Å². The molecule has 1 amide bonds. The normalized spacial score (nSPS) is 11.6. The molecule has 0 aliphatic rings. The summed E-state index contributed by atoms with van der Waals surface area (Å²) >= 11 is 0. The van der Waals surface area contributed by atoms with Gasteiger partial charge >= 0.3 is 0 Å². The van der Waals surface area contributed by atoms with Gasteiger partial charge in [-0.25, -0.2) is 0 Å². The Kier molecular flexibility index (Phi) is 7.59. The van der Waals surface area contributed by atoms with Crippen molar-refractivity contribution in [2.24, 2.45) is 10.2 Å². The van der Waals surface area contributed by atoms with Crippen LogP contribution in [0.4, 0.5) is 17.1 Å². The molecule has 32 heavy (non-hydrogen) atoms. The van der Waals surface area contributed by atoms with Gasteiger partial charge in [0.05, 0.1) is 5.69 Å². The van der Waals surface area contributed by atoms with Crippen LogP contribution < -0.4 is 9.74 Å². The zero-order valence-electron chi connectivity index (χ0n) is 19.3. The van der Waals surface area contributed by atoms with E-state index in [0.717, 1.165) is 40.3 Å². The van der Waals surface area contributed by atoms with Gasteiger partial charge in [0.2, 0.25) is 0 Å². The highest BCUT2D eigenvalue weighted by molar-refractivity contribution is 6.74. The highest BCUT2D eigenvalue weighted by Gasteiger charge is 2.31. The lowest BCUT2D eigenvalue weighted by atomic mass is 10.1. The fourth-order valence-electron chi connectivity index (χ4n) is 3.58. The number of hydrogen-bond donors (Lipinski definition) is 1. The number of azo groups is 1. The summed E-state index contributed by atoms with van der Waals surface area (Å²) in [5.41, 5.74) is 2.61. The predicted octanol–water partition coefficient (Wildman–Crippen LogP) is 8.15. The maximum Gasteiger partial charge on any atom is 0.250 e. The van der Waals surface area contributed by atoms with E-state index in [4.69, 9.17) is 4.43 Å². The summed E-state index contributed by atoms with van der Waals surface area (Å²) < 4.78 is 6.69. The number of rotatable bonds is 9. The maximum atomic E-state index is 11.8. The van der Waals surface area contributed by atoms with Crippen LogP contribution in [0.2, 0.25) is 18.1 Å². The fraction of sp³-hybridized carbons (Fsp3) is 0.269. The first kappa shape index (κ1) is 23.4. The second kappa shape index (κ2) is 10.4. The van der Waals surface area contributed by atoms with Crippen LogP contribution in [0.1, 0.15) is 27.7 Å². The minimum atomic E-state index is -1.87. The first-order valence-electron chi connectivity index (χ1n) is 11.1. The molecule has 3 aromatic rings. The largest absolute Gasteiger partial charge is 0.542 e. The Balaban J connectivity index is 1.95. The molecule has 3 aromatic carbocycles. The highest BCUT2D eigenvalue weighted by atomic mass is 28.4. The summed E-state index contributed by atoms with van der Waals surface area (Å²) in [7, 11) is -1.87. The summed E-state index contributed by atoms with van der Waals surface area (Å²) in [5, 5.41) is 14.0. The van der Waals surface area contributed by atoms with Crippen LogP contribution >= 0.6 is 0 Å². The van der Waals surface area contributed by atoms with Crippen molar-refractivity contribution in [2.45, 2.75) is 45.8 Å². The van der Waals surface area contributed by atoms with Crippen LogP contribution in [-0.4, -0.2) is 14.2 Å². The number of nitrogens with zero attached hydrogens (tertiary/aromatic N) is 2. The van der Waals surface area contributed by atoms with Crippen molar-refractivity contribution in [3.8, 4) is 5.75 Å². The predicted molar refractivity (Wildman–Crippen MR) is 136 cm³/mol. The molecule has 0 unspecified atom stereocenters. The molecule has 3 rings (SSSR count). The molecule has 0 heterocycles. The standard InChI is InChI=1S/C26H31N3O2Si/c1-6-32(7-2,8-3)31-24-18-13-20-11-9-10-12-23(20)25(24)29-28-22-16-14-21(15-17-22)27-26(30)19(4)5/h9-18H,4,6-8H2,1-3,5H3,(H,27,30). The van der Waals surface area contributed by atoms with E-state index in [0.29, 0.717) is 16.9 Å². The second-order valence-electron chi connectivity index (χ2n) is 7.96. The maximum absolute atomic E-state index is 11.8. The highest BCUT2D eigenvalue weighted by Crippen LogP contribution is 2.39. The van der Waals surface area contributed by atoms with Crippen LogP contribution in [-0.2, 0) is 4.79 Å². The van der Waals surface area contributed by atoms with Crippen molar-refractivity contribution in [2.75, 3.05) is 5.32 Å². The third-order valence-corrected chi connectivity index (χ3v) is 10.4. The molecular weight excluding hydrogens is 414 g/mol. The molecule has 6 heteroatoms. The average molecular weight is 446 g/mol. The van der Waals surface area contributed by atoms with Crippen LogP contribution in [0.15, 0.2) is 83.0 Å². The lowest BCUT2D eigenvalue weighted by molar-refractivity contribution is -0.112. The van der Waals surface area contributed by atoms with Crippen molar-refractivity contribution in [3.05, 3.63) is 72.8 Å². The van der Waals surface area contributed by atoms with Gasteiger partial charge in [-0.05, 0) is 60.8 Å². The molecule has 166 valence electrons. The summed E-state index contributed by atoms with van der Waals surface area (Å²) in [4.78, 5) is 11.8. The van der Waals surface area contributed by atoms with Gasteiger partial charge in [-0.1, -0.05) is 57.7 Å². The van der Waals surface area contributed by atoms with Crippen molar-refractivity contribution in [3.63, 3.8) is 0 Å². The molecule has 0 spiro atoms. The first-order valence-corrected chi connectivity index (χ1v) is 13.6. The summed E-state index contributed by atoms with van der Waals surface area (Å²) in [5.74, 6) is 0.599. The first-order chi connectivity index (χ1) is 15.4. The average Bonchev–Trinajstić information content (AvgIpc) is 2.82. The monoisotopic (exact) mass is 445 g/mol. The van der Waals surface area contributed by atoms with E-state index in [1.165, 1.54) is 0 Å². The minimum Gasteiger partial charge on any atom is -0.542 e. The molecule has 0 bridgehead atoms. The number of fused-ring (bicyclic) bond motifs is 1. The molecule has 0 aliphatic carbocycles.